The molecule has 2 fully saturated rings. The van der Waals surface area contributed by atoms with Crippen molar-refractivity contribution in [1.29, 1.82) is 0 Å². The number of Topliss-reactive ketones (excluding diaryl/α,β-unsaturated/α-hetero) is 1. The molecular weight excluding hydrogens is 303 g/mol. The number of rotatable bonds is 1. The SMILES string of the molecule is CC(C)=O.Clc1nc(Cl)nc(N2CC3CCC(C2)O3)n1. The zero-order chi connectivity index (χ0) is 14.7. The molecule has 2 bridgehead atoms. The fourth-order valence-electron chi connectivity index (χ4n) is 2.24. The zero-order valence-corrected chi connectivity index (χ0v) is 12.9. The number of ether oxygens (including phenoxy) is 1. The van der Waals surface area contributed by atoms with E-state index >= 15 is 0 Å². The Kier molecular flexibility index (Phi) is 5.12. The Balaban J connectivity index is 0.000000328. The van der Waals surface area contributed by atoms with Crippen LogP contribution in [0.25, 0.3) is 0 Å². The summed E-state index contributed by atoms with van der Waals surface area (Å²) >= 11 is 11.5. The highest BCUT2D eigenvalue weighted by molar-refractivity contribution is 6.31. The van der Waals surface area contributed by atoms with E-state index in [2.05, 4.69) is 19.9 Å². The van der Waals surface area contributed by atoms with Crippen molar-refractivity contribution in [1.82, 2.24) is 15.0 Å². The smallest absolute Gasteiger partial charge is 0.231 e. The normalized spacial score (nSPS) is 24.1. The van der Waals surface area contributed by atoms with E-state index in [0.29, 0.717) is 5.95 Å². The molecule has 2 saturated heterocycles. The van der Waals surface area contributed by atoms with Gasteiger partial charge >= 0.3 is 0 Å². The monoisotopic (exact) mass is 318 g/mol. The van der Waals surface area contributed by atoms with Crippen molar-refractivity contribution >= 4 is 34.9 Å². The van der Waals surface area contributed by atoms with Gasteiger partial charge in [0.15, 0.2) is 0 Å². The van der Waals surface area contributed by atoms with Crippen molar-refractivity contribution in [2.45, 2.75) is 38.9 Å². The third kappa shape index (κ3) is 4.26. The summed E-state index contributed by atoms with van der Waals surface area (Å²) in [5.41, 5.74) is 0. The highest BCUT2D eigenvalue weighted by atomic mass is 35.5. The predicted octanol–water partition coefficient (Wildman–Crippen LogP) is 2.14. The van der Waals surface area contributed by atoms with Gasteiger partial charge in [0.05, 0.1) is 12.2 Å². The molecular formula is C12H16Cl2N4O2. The maximum Gasteiger partial charge on any atom is 0.231 e. The van der Waals surface area contributed by atoms with Crippen LogP contribution in [0.4, 0.5) is 5.95 Å². The number of halogens is 2. The number of ketones is 1. The number of fused-ring (bicyclic) bond motifs is 2. The molecule has 0 amide bonds. The van der Waals surface area contributed by atoms with E-state index in [1.807, 2.05) is 0 Å². The van der Waals surface area contributed by atoms with Crippen molar-refractivity contribution < 1.29 is 9.53 Å². The Bertz CT molecular complexity index is 464. The van der Waals surface area contributed by atoms with Crippen LogP contribution >= 0.6 is 23.2 Å². The van der Waals surface area contributed by atoms with Gasteiger partial charge in [-0.05, 0) is 49.9 Å². The van der Waals surface area contributed by atoms with E-state index in [4.69, 9.17) is 27.9 Å². The Morgan fingerprint density at radius 2 is 1.55 bits per heavy atom. The van der Waals surface area contributed by atoms with Gasteiger partial charge in [0.25, 0.3) is 0 Å². The van der Waals surface area contributed by atoms with Crippen molar-refractivity contribution in [2.24, 2.45) is 0 Å². The summed E-state index contributed by atoms with van der Waals surface area (Å²) < 4.78 is 5.73. The predicted molar refractivity (Wildman–Crippen MR) is 76.3 cm³/mol. The molecule has 3 heterocycles. The second-order valence-corrected chi connectivity index (χ2v) is 5.62. The standard InChI is InChI=1S/C9H10Cl2N4O.C3H6O/c10-7-12-8(11)14-9(13-7)15-3-5-1-2-6(4-15)16-5;1-3(2)4/h5-6H,1-4H2;1-2H3. The second kappa shape index (κ2) is 6.65. The van der Waals surface area contributed by atoms with Crippen LogP contribution in [0.3, 0.4) is 0 Å². The molecule has 0 aromatic carbocycles. The Labute approximate surface area is 127 Å². The minimum atomic E-state index is 0.133. The van der Waals surface area contributed by atoms with Crippen molar-refractivity contribution in [2.75, 3.05) is 18.0 Å². The molecule has 1 aromatic rings. The molecule has 0 saturated carbocycles. The highest BCUT2D eigenvalue weighted by Gasteiger charge is 2.34. The molecule has 1 aromatic heterocycles. The first-order valence-corrected chi connectivity index (χ1v) is 7.14. The minimum absolute atomic E-state index is 0.133. The molecule has 2 aliphatic heterocycles. The number of carbonyl (C=O) groups excluding carboxylic acids is 1. The molecule has 0 radical (unpaired) electrons. The van der Waals surface area contributed by atoms with Gasteiger partial charge < -0.3 is 14.4 Å². The number of anilines is 1. The lowest BCUT2D eigenvalue weighted by Crippen LogP contribution is -2.43. The zero-order valence-electron chi connectivity index (χ0n) is 11.3. The average molecular weight is 319 g/mol. The number of aromatic nitrogens is 3. The van der Waals surface area contributed by atoms with Crippen molar-refractivity contribution in [3.05, 3.63) is 10.6 Å². The number of nitrogens with zero attached hydrogens (tertiary/aromatic N) is 4. The number of morpholine rings is 1. The van der Waals surface area contributed by atoms with Crippen LogP contribution in [0.2, 0.25) is 10.6 Å². The topological polar surface area (TPSA) is 68.2 Å². The summed E-state index contributed by atoms with van der Waals surface area (Å²) in [4.78, 5) is 23.4. The molecule has 2 aliphatic rings. The Morgan fingerprint density at radius 3 is 2.00 bits per heavy atom. The molecule has 110 valence electrons. The molecule has 6 nitrogen and oxygen atoms in total. The highest BCUT2D eigenvalue weighted by Crippen LogP contribution is 2.28. The van der Waals surface area contributed by atoms with Crippen LogP contribution in [0.5, 0.6) is 0 Å². The molecule has 0 N–H and O–H groups in total. The quantitative estimate of drug-likeness (QED) is 0.790. The van der Waals surface area contributed by atoms with E-state index in [1.165, 1.54) is 13.8 Å². The van der Waals surface area contributed by atoms with Crippen LogP contribution in [-0.4, -0.2) is 46.0 Å². The molecule has 20 heavy (non-hydrogen) atoms. The number of hydrogen-bond donors (Lipinski definition) is 0. The third-order valence-electron chi connectivity index (χ3n) is 2.90. The summed E-state index contributed by atoms with van der Waals surface area (Å²) in [6.45, 7) is 4.65. The summed E-state index contributed by atoms with van der Waals surface area (Å²) in [5, 5.41) is 0.266. The Morgan fingerprint density at radius 1 is 1.10 bits per heavy atom. The van der Waals surface area contributed by atoms with E-state index in [1.54, 1.807) is 0 Å². The van der Waals surface area contributed by atoms with E-state index in [-0.39, 0.29) is 28.6 Å². The molecule has 0 spiro atoms. The van der Waals surface area contributed by atoms with Crippen molar-refractivity contribution in [3.63, 3.8) is 0 Å². The molecule has 3 rings (SSSR count). The van der Waals surface area contributed by atoms with Crippen LogP contribution in [0.15, 0.2) is 0 Å². The fourth-order valence-corrected chi connectivity index (χ4v) is 2.59. The molecule has 2 unspecified atom stereocenters. The Hall–Kier alpha value is -0.980. The van der Waals surface area contributed by atoms with Gasteiger partial charge in [0.1, 0.15) is 5.78 Å². The first kappa shape index (κ1) is 15.4. The van der Waals surface area contributed by atoms with Crippen LogP contribution < -0.4 is 4.90 Å². The summed E-state index contributed by atoms with van der Waals surface area (Å²) in [6.07, 6.45) is 2.78. The fraction of sp³-hybridized carbons (Fsp3) is 0.667. The molecule has 0 aliphatic carbocycles. The average Bonchev–Trinajstić information content (AvgIpc) is 2.66. The van der Waals surface area contributed by atoms with Crippen LogP contribution in [-0.2, 0) is 9.53 Å². The number of hydrogen-bond acceptors (Lipinski definition) is 6. The van der Waals surface area contributed by atoms with Gasteiger partial charge in [0, 0.05) is 13.1 Å². The maximum atomic E-state index is 9.44. The third-order valence-corrected chi connectivity index (χ3v) is 3.23. The second-order valence-electron chi connectivity index (χ2n) is 4.94. The van der Waals surface area contributed by atoms with Gasteiger partial charge in [-0.15, -0.1) is 0 Å². The lowest BCUT2D eigenvalue weighted by atomic mass is 10.2. The lowest BCUT2D eigenvalue weighted by Gasteiger charge is -2.31. The van der Waals surface area contributed by atoms with E-state index in [0.717, 1.165) is 25.9 Å². The summed E-state index contributed by atoms with van der Waals surface area (Å²) in [6, 6.07) is 0. The molecule has 8 heteroatoms. The van der Waals surface area contributed by atoms with Crippen LogP contribution in [0.1, 0.15) is 26.7 Å². The van der Waals surface area contributed by atoms with Gasteiger partial charge in [-0.2, -0.15) is 15.0 Å². The van der Waals surface area contributed by atoms with E-state index < -0.39 is 0 Å². The van der Waals surface area contributed by atoms with Crippen molar-refractivity contribution in [3.8, 4) is 0 Å². The van der Waals surface area contributed by atoms with Gasteiger partial charge in [-0.1, -0.05) is 0 Å². The largest absolute Gasteiger partial charge is 0.371 e. The van der Waals surface area contributed by atoms with Gasteiger partial charge in [-0.3, -0.25) is 0 Å². The van der Waals surface area contributed by atoms with Gasteiger partial charge in [-0.25, -0.2) is 0 Å². The first-order chi connectivity index (χ1) is 9.44. The number of carbonyl (C=O) groups is 1. The van der Waals surface area contributed by atoms with E-state index in [9.17, 15) is 4.79 Å². The molecule has 2 atom stereocenters. The van der Waals surface area contributed by atoms with Crippen LogP contribution in [0, 0.1) is 0 Å². The lowest BCUT2D eigenvalue weighted by molar-refractivity contribution is -0.114. The van der Waals surface area contributed by atoms with Gasteiger partial charge in [0.2, 0.25) is 16.5 Å². The minimum Gasteiger partial charge on any atom is -0.371 e. The summed E-state index contributed by atoms with van der Waals surface area (Å²) in [5.74, 6) is 0.713. The summed E-state index contributed by atoms with van der Waals surface area (Å²) in [7, 11) is 0. The first-order valence-electron chi connectivity index (χ1n) is 6.38. The maximum absolute atomic E-state index is 9.44.